The molecule has 4 rings (SSSR count). The fourth-order valence-corrected chi connectivity index (χ4v) is 3.70. The number of hydrogen-bond donors (Lipinski definition) is 0. The van der Waals surface area contributed by atoms with Gasteiger partial charge in [-0.2, -0.15) is 4.98 Å². The first kappa shape index (κ1) is 15.9. The van der Waals surface area contributed by atoms with E-state index in [1.165, 1.54) is 0 Å². The minimum absolute atomic E-state index is 0.0756. The number of likely N-dealkylation sites (tertiary alicyclic amines) is 1. The number of piperidine rings is 1. The van der Waals surface area contributed by atoms with E-state index in [0.29, 0.717) is 24.0 Å². The molecular formula is C17H17N5O2S. The minimum Gasteiger partial charge on any atom is -0.338 e. The van der Waals surface area contributed by atoms with Gasteiger partial charge in [0.1, 0.15) is 5.69 Å². The molecule has 3 aromatic heterocycles. The second-order valence-corrected chi connectivity index (χ2v) is 7.20. The molecule has 0 N–H and O–H groups in total. The smallest absolute Gasteiger partial charge is 0.278 e. The van der Waals surface area contributed by atoms with Crippen molar-refractivity contribution in [2.75, 3.05) is 13.1 Å². The van der Waals surface area contributed by atoms with Crippen LogP contribution in [0.15, 0.2) is 34.6 Å². The van der Waals surface area contributed by atoms with Crippen molar-refractivity contribution < 1.29 is 9.32 Å². The minimum atomic E-state index is 0.0756. The monoisotopic (exact) mass is 355 g/mol. The molecule has 0 aliphatic carbocycles. The van der Waals surface area contributed by atoms with Crippen molar-refractivity contribution in [2.45, 2.75) is 25.7 Å². The highest BCUT2D eigenvalue weighted by atomic mass is 32.1. The number of rotatable bonds is 3. The molecule has 1 saturated heterocycles. The van der Waals surface area contributed by atoms with Gasteiger partial charge in [-0.25, -0.2) is 4.98 Å². The Morgan fingerprint density at radius 2 is 2.32 bits per heavy atom. The molecule has 1 atom stereocenters. The summed E-state index contributed by atoms with van der Waals surface area (Å²) < 4.78 is 5.32. The van der Waals surface area contributed by atoms with Crippen LogP contribution < -0.4 is 0 Å². The van der Waals surface area contributed by atoms with Crippen molar-refractivity contribution in [2.24, 2.45) is 0 Å². The fourth-order valence-electron chi connectivity index (χ4n) is 3.02. The highest BCUT2D eigenvalue weighted by Gasteiger charge is 2.29. The van der Waals surface area contributed by atoms with Crippen molar-refractivity contribution in [1.29, 1.82) is 0 Å². The third-order valence-electron chi connectivity index (χ3n) is 4.28. The molecule has 0 spiro atoms. The van der Waals surface area contributed by atoms with Gasteiger partial charge >= 0.3 is 0 Å². The zero-order valence-corrected chi connectivity index (χ0v) is 14.6. The van der Waals surface area contributed by atoms with E-state index in [1.54, 1.807) is 29.9 Å². The molecule has 1 aliphatic rings. The molecular weight excluding hydrogens is 338 g/mol. The molecule has 1 aliphatic heterocycles. The molecule has 1 amide bonds. The van der Waals surface area contributed by atoms with E-state index >= 15 is 0 Å². The number of nitrogens with zero attached hydrogens (tertiary/aromatic N) is 5. The topological polar surface area (TPSA) is 85.0 Å². The van der Waals surface area contributed by atoms with Gasteiger partial charge in [0.25, 0.3) is 11.8 Å². The molecule has 128 valence electrons. The molecule has 0 aromatic carbocycles. The second kappa shape index (κ2) is 6.72. The normalized spacial score (nSPS) is 17.6. The van der Waals surface area contributed by atoms with E-state index < -0.39 is 0 Å². The average molecular weight is 355 g/mol. The summed E-state index contributed by atoms with van der Waals surface area (Å²) in [6, 6.07) is 1.94. The SMILES string of the molecule is Cc1cc(C(=O)N2CCC[C@H](c3noc(-c4cnccn4)n3)C2)cs1. The Kier molecular flexibility index (Phi) is 4.27. The van der Waals surface area contributed by atoms with Crippen LogP contribution >= 0.6 is 11.3 Å². The molecule has 0 bridgehead atoms. The van der Waals surface area contributed by atoms with Gasteiger partial charge in [0.15, 0.2) is 5.82 Å². The van der Waals surface area contributed by atoms with Crippen LogP contribution in [0.4, 0.5) is 0 Å². The van der Waals surface area contributed by atoms with Crippen LogP contribution in [0.25, 0.3) is 11.6 Å². The first-order valence-corrected chi connectivity index (χ1v) is 9.03. The molecule has 25 heavy (non-hydrogen) atoms. The van der Waals surface area contributed by atoms with Gasteiger partial charge in [-0.05, 0) is 25.8 Å². The summed E-state index contributed by atoms with van der Waals surface area (Å²) in [6.45, 7) is 3.38. The highest BCUT2D eigenvalue weighted by molar-refractivity contribution is 7.10. The summed E-state index contributed by atoms with van der Waals surface area (Å²) in [5.74, 6) is 1.14. The third kappa shape index (κ3) is 3.30. The zero-order chi connectivity index (χ0) is 17.2. The summed E-state index contributed by atoms with van der Waals surface area (Å²) in [5, 5.41) is 6.02. The third-order valence-corrected chi connectivity index (χ3v) is 5.14. The number of aromatic nitrogens is 4. The van der Waals surface area contributed by atoms with E-state index in [0.717, 1.165) is 29.8 Å². The van der Waals surface area contributed by atoms with Crippen LogP contribution in [-0.4, -0.2) is 44.0 Å². The highest BCUT2D eigenvalue weighted by Crippen LogP contribution is 2.28. The van der Waals surface area contributed by atoms with Crippen molar-refractivity contribution in [1.82, 2.24) is 25.0 Å². The molecule has 0 unspecified atom stereocenters. The Labute approximate surface area is 148 Å². The van der Waals surface area contributed by atoms with Crippen molar-refractivity contribution >= 4 is 17.2 Å². The van der Waals surface area contributed by atoms with E-state index in [2.05, 4.69) is 20.1 Å². The van der Waals surface area contributed by atoms with Crippen LogP contribution in [0.3, 0.4) is 0 Å². The first-order chi connectivity index (χ1) is 12.2. The summed E-state index contributed by atoms with van der Waals surface area (Å²) in [5.41, 5.74) is 1.32. The van der Waals surface area contributed by atoms with Gasteiger partial charge in [-0.1, -0.05) is 5.16 Å². The molecule has 0 saturated carbocycles. The summed E-state index contributed by atoms with van der Waals surface area (Å²) >= 11 is 1.59. The predicted octanol–water partition coefficient (Wildman–Crippen LogP) is 2.92. The summed E-state index contributed by atoms with van der Waals surface area (Å²) in [6.07, 6.45) is 6.63. The van der Waals surface area contributed by atoms with Crippen molar-refractivity contribution in [3.8, 4) is 11.6 Å². The maximum Gasteiger partial charge on any atom is 0.278 e. The van der Waals surface area contributed by atoms with Crippen LogP contribution in [0.1, 0.15) is 39.8 Å². The van der Waals surface area contributed by atoms with Crippen molar-refractivity contribution in [3.63, 3.8) is 0 Å². The maximum absolute atomic E-state index is 12.7. The Hall–Kier alpha value is -2.61. The number of carbonyl (C=O) groups is 1. The van der Waals surface area contributed by atoms with E-state index in [-0.39, 0.29) is 11.8 Å². The van der Waals surface area contributed by atoms with E-state index in [9.17, 15) is 4.79 Å². The average Bonchev–Trinajstić information content (AvgIpc) is 3.31. The predicted molar refractivity (Wildman–Crippen MR) is 92.3 cm³/mol. The Morgan fingerprint density at radius 1 is 1.40 bits per heavy atom. The van der Waals surface area contributed by atoms with Gasteiger partial charge in [0.05, 0.1) is 11.8 Å². The quantitative estimate of drug-likeness (QED) is 0.718. The standard InChI is InChI=1S/C17H17N5O2S/c1-11-7-13(10-25-11)17(23)22-6-2-3-12(9-22)15-20-16(24-21-15)14-8-18-4-5-19-14/h4-5,7-8,10,12H,2-3,6,9H2,1H3/t12-/m0/s1. The molecule has 0 radical (unpaired) electrons. The summed E-state index contributed by atoms with van der Waals surface area (Å²) in [7, 11) is 0. The van der Waals surface area contributed by atoms with Gasteiger partial charge in [0.2, 0.25) is 0 Å². The number of amides is 1. The fraction of sp³-hybridized carbons (Fsp3) is 0.353. The Morgan fingerprint density at radius 3 is 3.08 bits per heavy atom. The lowest BCUT2D eigenvalue weighted by atomic mass is 9.97. The molecule has 8 heteroatoms. The zero-order valence-electron chi connectivity index (χ0n) is 13.8. The number of aryl methyl sites for hydroxylation is 1. The lowest BCUT2D eigenvalue weighted by molar-refractivity contribution is 0.0704. The molecule has 1 fully saturated rings. The lowest BCUT2D eigenvalue weighted by Gasteiger charge is -2.31. The van der Waals surface area contributed by atoms with Crippen LogP contribution in [0.5, 0.6) is 0 Å². The Balaban J connectivity index is 1.50. The first-order valence-electron chi connectivity index (χ1n) is 8.15. The van der Waals surface area contributed by atoms with Gasteiger partial charge in [0, 0.05) is 41.7 Å². The van der Waals surface area contributed by atoms with Gasteiger partial charge in [-0.3, -0.25) is 9.78 Å². The lowest BCUT2D eigenvalue weighted by Crippen LogP contribution is -2.39. The second-order valence-electron chi connectivity index (χ2n) is 6.08. The number of thiophene rings is 1. The largest absolute Gasteiger partial charge is 0.338 e. The van der Waals surface area contributed by atoms with E-state index in [4.69, 9.17) is 4.52 Å². The molecule has 7 nitrogen and oxygen atoms in total. The van der Waals surface area contributed by atoms with Crippen LogP contribution in [-0.2, 0) is 0 Å². The maximum atomic E-state index is 12.7. The van der Waals surface area contributed by atoms with Crippen LogP contribution in [0.2, 0.25) is 0 Å². The van der Waals surface area contributed by atoms with Gasteiger partial charge in [-0.15, -0.1) is 11.3 Å². The van der Waals surface area contributed by atoms with Crippen molar-refractivity contribution in [3.05, 3.63) is 46.3 Å². The van der Waals surface area contributed by atoms with Gasteiger partial charge < -0.3 is 9.42 Å². The molecule has 3 aromatic rings. The van der Waals surface area contributed by atoms with E-state index in [1.807, 2.05) is 23.3 Å². The van der Waals surface area contributed by atoms with Crippen LogP contribution in [0, 0.1) is 6.92 Å². The summed E-state index contributed by atoms with van der Waals surface area (Å²) in [4.78, 5) is 28.3. The Bertz CT molecular complexity index is 876. The molecule has 4 heterocycles. The number of hydrogen-bond acceptors (Lipinski definition) is 7. The number of carbonyl (C=O) groups excluding carboxylic acids is 1.